The van der Waals surface area contributed by atoms with Gasteiger partial charge in [0.25, 0.3) is 11.8 Å². The molecule has 2 fully saturated rings. The lowest BCUT2D eigenvalue weighted by molar-refractivity contribution is -0.126. The van der Waals surface area contributed by atoms with Gasteiger partial charge in [-0.2, -0.15) is 0 Å². The van der Waals surface area contributed by atoms with Crippen LogP contribution in [0.2, 0.25) is 0 Å². The summed E-state index contributed by atoms with van der Waals surface area (Å²) in [6.07, 6.45) is 0. The van der Waals surface area contributed by atoms with Crippen molar-refractivity contribution < 1.29 is 23.5 Å². The van der Waals surface area contributed by atoms with Crippen molar-refractivity contribution in [2.75, 3.05) is 43.5 Å². The maximum absolute atomic E-state index is 14.6. The average molecular weight is 574 g/mol. The lowest BCUT2D eigenvalue weighted by Crippen LogP contribution is -2.78. The molecule has 2 N–H and O–H groups in total. The van der Waals surface area contributed by atoms with Crippen LogP contribution in [0.3, 0.4) is 0 Å². The van der Waals surface area contributed by atoms with Gasteiger partial charge in [0.1, 0.15) is 23.9 Å². The molecule has 3 aliphatic heterocycles. The number of nitrogens with zero attached hydrogens (tertiary/aromatic N) is 3. The molecule has 11 heteroatoms. The van der Waals surface area contributed by atoms with Gasteiger partial charge < -0.3 is 20.1 Å². The van der Waals surface area contributed by atoms with Gasteiger partial charge >= 0.3 is 0 Å². The van der Waals surface area contributed by atoms with Gasteiger partial charge in [0.2, 0.25) is 0 Å². The monoisotopic (exact) mass is 573 g/mol. The molecule has 2 saturated heterocycles. The highest BCUT2D eigenvalue weighted by molar-refractivity contribution is 7.20. The number of hydrogen-bond acceptors (Lipinski definition) is 8. The molecular weight excluding hydrogens is 545 g/mol. The van der Waals surface area contributed by atoms with Crippen molar-refractivity contribution in [2.45, 2.75) is 25.6 Å². The molecule has 2 atom stereocenters. The van der Waals surface area contributed by atoms with Gasteiger partial charge in [-0.05, 0) is 55.1 Å². The van der Waals surface area contributed by atoms with E-state index in [4.69, 9.17) is 14.5 Å². The highest BCUT2D eigenvalue weighted by Crippen LogP contribution is 2.35. The summed E-state index contributed by atoms with van der Waals surface area (Å²) in [5, 5.41) is 6.26. The molecule has 2 aromatic carbocycles. The van der Waals surface area contributed by atoms with Crippen molar-refractivity contribution in [3.05, 3.63) is 76.5 Å². The minimum Gasteiger partial charge on any atom is -0.486 e. The Labute approximate surface area is 239 Å². The average Bonchev–Trinajstić information content (AvgIpc) is 3.41. The van der Waals surface area contributed by atoms with Gasteiger partial charge in [-0.1, -0.05) is 13.0 Å². The van der Waals surface area contributed by atoms with Crippen LogP contribution in [-0.2, 0) is 6.54 Å². The van der Waals surface area contributed by atoms with Gasteiger partial charge in [-0.3, -0.25) is 19.4 Å². The molecule has 2 amide bonds. The Hall–Kier alpha value is -4.06. The van der Waals surface area contributed by atoms with Gasteiger partial charge in [0.05, 0.1) is 16.3 Å². The normalized spacial score (nSPS) is 19.7. The molecular formula is C30H28FN5O4S. The Morgan fingerprint density at radius 3 is 2.56 bits per heavy atom. The Morgan fingerprint density at radius 1 is 0.951 bits per heavy atom. The van der Waals surface area contributed by atoms with Crippen LogP contribution in [0.1, 0.15) is 32.6 Å². The molecule has 210 valence electrons. The van der Waals surface area contributed by atoms with Crippen molar-refractivity contribution in [2.24, 2.45) is 0 Å². The highest BCUT2D eigenvalue weighted by atomic mass is 32.1. The van der Waals surface area contributed by atoms with Gasteiger partial charge in [0, 0.05) is 48.4 Å². The second-order valence-electron chi connectivity index (χ2n) is 10.4. The van der Waals surface area contributed by atoms with Gasteiger partial charge in [-0.15, -0.1) is 11.3 Å². The summed E-state index contributed by atoms with van der Waals surface area (Å²) in [6.45, 7) is 7.15. The number of carbonyl (C=O) groups is 2. The number of aromatic nitrogens is 1. The summed E-state index contributed by atoms with van der Waals surface area (Å²) in [4.78, 5) is 36.8. The van der Waals surface area contributed by atoms with Crippen molar-refractivity contribution in [3.63, 3.8) is 0 Å². The Bertz CT molecular complexity index is 1680. The first kappa shape index (κ1) is 25.9. The second-order valence-corrected chi connectivity index (χ2v) is 11.5. The number of halogens is 1. The molecule has 41 heavy (non-hydrogen) atoms. The number of pyridine rings is 1. The summed E-state index contributed by atoms with van der Waals surface area (Å²) in [5.74, 6) is -0.368. The lowest BCUT2D eigenvalue weighted by atomic mass is 9.85. The summed E-state index contributed by atoms with van der Waals surface area (Å²) in [7, 11) is 0. The molecule has 1 unspecified atom stereocenters. The molecule has 7 rings (SSSR count). The van der Waals surface area contributed by atoms with Crippen LogP contribution in [0.4, 0.5) is 15.8 Å². The van der Waals surface area contributed by atoms with Crippen molar-refractivity contribution in [1.29, 1.82) is 0 Å². The number of thiophene rings is 1. The number of benzene rings is 2. The largest absolute Gasteiger partial charge is 0.486 e. The number of fused-ring (bicyclic) bond motifs is 3. The fourth-order valence-corrected chi connectivity index (χ4v) is 6.56. The molecule has 0 aliphatic carbocycles. The number of likely N-dealkylation sites (tertiary alicyclic amines) is 2. The van der Waals surface area contributed by atoms with Crippen LogP contribution >= 0.6 is 11.3 Å². The minimum atomic E-state index is -0.609. The first-order chi connectivity index (χ1) is 19.9. The molecule has 0 bridgehead atoms. The molecule has 0 spiro atoms. The van der Waals surface area contributed by atoms with E-state index in [2.05, 4.69) is 27.4 Å². The number of hydrogen-bond donors (Lipinski definition) is 2. The fraction of sp³-hybridized carbons (Fsp3) is 0.300. The van der Waals surface area contributed by atoms with Crippen LogP contribution in [0.15, 0.2) is 54.6 Å². The standard InChI is InChI=1S/C30H28FN5O4S/c1-2-35-15-24-23(35)16-36(24)14-20-5-3-18-12-27(41-30(18)33-20)29(38)34-22-13-19(6-7-21(22)31)32-28(37)17-4-8-25-26(11-17)40-10-9-39-25/h3-8,11-13,23-24H,2,9-10,14-16H2,1H3,(H,32,37)(H,34,38)/t23-,24?/m0/s1. The Kier molecular flexibility index (Phi) is 6.57. The van der Waals surface area contributed by atoms with Crippen LogP contribution in [-0.4, -0.2) is 71.5 Å². The topological polar surface area (TPSA) is 96.0 Å². The molecule has 2 aromatic heterocycles. The predicted octanol–water partition coefficient (Wildman–Crippen LogP) is 4.60. The zero-order chi connectivity index (χ0) is 28.1. The molecule has 3 aliphatic rings. The van der Waals surface area contributed by atoms with E-state index in [1.807, 2.05) is 12.1 Å². The van der Waals surface area contributed by atoms with E-state index < -0.39 is 17.6 Å². The number of ether oxygens (including phenoxy) is 2. The zero-order valence-corrected chi connectivity index (χ0v) is 23.2. The molecule has 0 saturated carbocycles. The summed E-state index contributed by atoms with van der Waals surface area (Å²) in [6, 6.07) is 16.0. The van der Waals surface area contributed by atoms with E-state index in [0.717, 1.165) is 42.1 Å². The van der Waals surface area contributed by atoms with E-state index in [0.29, 0.717) is 52.9 Å². The maximum atomic E-state index is 14.6. The second kappa shape index (κ2) is 10.4. The number of likely N-dealkylation sites (N-methyl/N-ethyl adjacent to an activating group) is 1. The number of nitrogens with one attached hydrogen (secondary N) is 2. The number of piperazine rings is 1. The van der Waals surface area contributed by atoms with E-state index >= 15 is 0 Å². The number of anilines is 2. The summed E-state index contributed by atoms with van der Waals surface area (Å²) in [5.41, 5.74) is 1.65. The van der Waals surface area contributed by atoms with E-state index in [1.54, 1.807) is 24.3 Å². The quantitative estimate of drug-likeness (QED) is 0.334. The van der Waals surface area contributed by atoms with Gasteiger partial charge in [0.15, 0.2) is 11.5 Å². The lowest BCUT2D eigenvalue weighted by Gasteiger charge is -2.62. The number of rotatable bonds is 7. The minimum absolute atomic E-state index is 0.0324. The predicted molar refractivity (Wildman–Crippen MR) is 155 cm³/mol. The van der Waals surface area contributed by atoms with Crippen LogP contribution in [0.5, 0.6) is 11.5 Å². The summed E-state index contributed by atoms with van der Waals surface area (Å²) >= 11 is 1.28. The first-order valence-corrected chi connectivity index (χ1v) is 14.5. The maximum Gasteiger partial charge on any atom is 0.265 e. The van der Waals surface area contributed by atoms with Gasteiger partial charge in [-0.25, -0.2) is 9.37 Å². The fourth-order valence-electron chi connectivity index (χ4n) is 5.62. The highest BCUT2D eigenvalue weighted by Gasteiger charge is 2.50. The van der Waals surface area contributed by atoms with Crippen molar-refractivity contribution >= 4 is 44.7 Å². The smallest absolute Gasteiger partial charge is 0.265 e. The number of carbonyl (C=O) groups excluding carboxylic acids is 2. The third kappa shape index (κ3) is 4.90. The van der Waals surface area contributed by atoms with E-state index in [1.165, 1.54) is 29.5 Å². The molecule has 5 heterocycles. The van der Waals surface area contributed by atoms with E-state index in [9.17, 15) is 14.0 Å². The summed E-state index contributed by atoms with van der Waals surface area (Å²) < 4.78 is 25.7. The molecule has 4 aromatic rings. The number of amides is 2. The van der Waals surface area contributed by atoms with Crippen molar-refractivity contribution in [3.8, 4) is 11.5 Å². The third-order valence-corrected chi connectivity index (χ3v) is 8.98. The zero-order valence-electron chi connectivity index (χ0n) is 22.4. The SMILES string of the molecule is CCN1CC2[C@@H]1CN2Cc1ccc2cc(C(=O)Nc3cc(NC(=O)c4ccc5c(c4)OCCO5)ccc3F)sc2n1. The van der Waals surface area contributed by atoms with Crippen LogP contribution in [0.25, 0.3) is 10.2 Å². The van der Waals surface area contributed by atoms with E-state index in [-0.39, 0.29) is 5.69 Å². The Balaban J connectivity index is 1.02. The third-order valence-electron chi connectivity index (χ3n) is 7.94. The van der Waals surface area contributed by atoms with Crippen molar-refractivity contribution in [1.82, 2.24) is 14.8 Å². The van der Waals surface area contributed by atoms with Crippen LogP contribution in [0, 0.1) is 5.82 Å². The molecule has 0 radical (unpaired) electrons. The molecule has 9 nitrogen and oxygen atoms in total. The first-order valence-electron chi connectivity index (χ1n) is 13.6. The van der Waals surface area contributed by atoms with Crippen LogP contribution < -0.4 is 20.1 Å². The Morgan fingerprint density at radius 2 is 1.76 bits per heavy atom.